The Morgan fingerprint density at radius 3 is 2.44 bits per heavy atom. The molecule has 1 fully saturated rings. The lowest BCUT2D eigenvalue weighted by atomic mass is 10.1. The van der Waals surface area contributed by atoms with E-state index in [1.165, 1.54) is 23.1 Å². The number of amides is 2. The highest BCUT2D eigenvalue weighted by atomic mass is 19.4. The summed E-state index contributed by atoms with van der Waals surface area (Å²) in [7, 11) is 1.81. The van der Waals surface area contributed by atoms with Gasteiger partial charge in [-0.25, -0.2) is 0 Å². The third kappa shape index (κ3) is 4.21. The SMILES string of the molecule is Cc1ccc2c(c1)NC(=O)c1cc(N3CCN(C(=O)c4ccccc4C(F)(F)F)CC3)nnc1N2C. The number of fused-ring (bicyclic) bond motifs is 2. The van der Waals surface area contributed by atoms with Crippen molar-refractivity contribution < 1.29 is 22.8 Å². The summed E-state index contributed by atoms with van der Waals surface area (Å²) in [5.41, 5.74) is 1.52. The van der Waals surface area contributed by atoms with Crippen LogP contribution in [0.3, 0.4) is 0 Å². The van der Waals surface area contributed by atoms with Gasteiger partial charge in [0.15, 0.2) is 11.6 Å². The first-order valence-electron chi connectivity index (χ1n) is 11.4. The first-order valence-corrected chi connectivity index (χ1v) is 11.4. The van der Waals surface area contributed by atoms with Crippen molar-refractivity contribution in [2.24, 2.45) is 0 Å². The van der Waals surface area contributed by atoms with Crippen molar-refractivity contribution in [1.29, 1.82) is 0 Å². The molecule has 11 heteroatoms. The van der Waals surface area contributed by atoms with Crippen molar-refractivity contribution in [3.05, 3.63) is 70.8 Å². The molecule has 1 saturated heterocycles. The fourth-order valence-corrected chi connectivity index (χ4v) is 4.52. The first-order chi connectivity index (χ1) is 17.1. The average molecular weight is 496 g/mol. The van der Waals surface area contributed by atoms with Crippen molar-refractivity contribution in [2.75, 3.05) is 48.3 Å². The number of piperazine rings is 1. The smallest absolute Gasteiger partial charge is 0.352 e. The molecule has 1 N–H and O–H groups in total. The van der Waals surface area contributed by atoms with Crippen LogP contribution in [0, 0.1) is 6.92 Å². The van der Waals surface area contributed by atoms with E-state index in [0.29, 0.717) is 36.0 Å². The molecule has 2 aliphatic heterocycles. The van der Waals surface area contributed by atoms with E-state index in [4.69, 9.17) is 0 Å². The standard InChI is InChI=1S/C25H23F3N6O2/c1-15-7-8-20-19(13-15)29-23(35)17-14-21(30-31-22(17)32(20)2)33-9-11-34(12-10-33)24(36)16-5-3-4-6-18(16)25(26,27)28/h3-8,13-14H,9-12H2,1-2H3,(H,29,35). The number of carbonyl (C=O) groups is 2. The molecular formula is C25H23F3N6O2. The van der Waals surface area contributed by atoms with E-state index in [1.807, 2.05) is 37.1 Å². The molecule has 0 radical (unpaired) electrons. The Balaban J connectivity index is 1.34. The molecule has 36 heavy (non-hydrogen) atoms. The van der Waals surface area contributed by atoms with Gasteiger partial charge in [-0.15, -0.1) is 10.2 Å². The Bertz CT molecular complexity index is 1350. The monoisotopic (exact) mass is 496 g/mol. The van der Waals surface area contributed by atoms with Crippen LogP contribution in [0.15, 0.2) is 48.5 Å². The maximum absolute atomic E-state index is 13.4. The maximum Gasteiger partial charge on any atom is 0.417 e. The Kier molecular flexibility index (Phi) is 5.77. The lowest BCUT2D eigenvalue weighted by Crippen LogP contribution is -2.49. The van der Waals surface area contributed by atoms with Crippen molar-refractivity contribution >= 4 is 34.8 Å². The third-order valence-electron chi connectivity index (χ3n) is 6.44. The zero-order valence-corrected chi connectivity index (χ0v) is 19.6. The van der Waals surface area contributed by atoms with Crippen molar-refractivity contribution in [2.45, 2.75) is 13.1 Å². The molecule has 3 aromatic rings. The van der Waals surface area contributed by atoms with Crippen LogP contribution in [-0.4, -0.2) is 60.1 Å². The minimum absolute atomic E-state index is 0.209. The van der Waals surface area contributed by atoms with E-state index in [1.54, 1.807) is 11.0 Å². The van der Waals surface area contributed by atoms with Crippen molar-refractivity contribution in [3.63, 3.8) is 0 Å². The number of benzene rings is 2. The molecule has 2 aliphatic rings. The molecule has 2 aromatic carbocycles. The van der Waals surface area contributed by atoms with Gasteiger partial charge in [-0.2, -0.15) is 13.2 Å². The number of hydrogen-bond donors (Lipinski definition) is 1. The van der Waals surface area contributed by atoms with Crippen LogP contribution in [0.5, 0.6) is 0 Å². The molecule has 3 heterocycles. The lowest BCUT2D eigenvalue weighted by molar-refractivity contribution is -0.138. The second kappa shape index (κ2) is 8.81. The van der Waals surface area contributed by atoms with E-state index in [0.717, 1.165) is 17.3 Å². The van der Waals surface area contributed by atoms with Gasteiger partial charge in [-0.1, -0.05) is 18.2 Å². The molecule has 186 valence electrons. The van der Waals surface area contributed by atoms with Gasteiger partial charge in [0.05, 0.1) is 28.1 Å². The number of aromatic nitrogens is 2. The summed E-state index contributed by atoms with van der Waals surface area (Å²) in [5, 5.41) is 11.6. The molecule has 0 atom stereocenters. The van der Waals surface area contributed by atoms with Crippen LogP contribution in [0.1, 0.15) is 31.8 Å². The van der Waals surface area contributed by atoms with Crippen molar-refractivity contribution in [1.82, 2.24) is 15.1 Å². The van der Waals surface area contributed by atoms with E-state index in [9.17, 15) is 22.8 Å². The zero-order valence-electron chi connectivity index (χ0n) is 19.6. The van der Waals surface area contributed by atoms with Gasteiger partial charge >= 0.3 is 6.18 Å². The zero-order chi connectivity index (χ0) is 25.6. The second-order valence-electron chi connectivity index (χ2n) is 8.80. The van der Waals surface area contributed by atoms with Gasteiger partial charge in [-0.05, 0) is 42.8 Å². The molecule has 0 bridgehead atoms. The quantitative estimate of drug-likeness (QED) is 0.576. The number of aryl methyl sites for hydroxylation is 1. The van der Waals surface area contributed by atoms with Crippen LogP contribution in [-0.2, 0) is 6.18 Å². The summed E-state index contributed by atoms with van der Waals surface area (Å²) in [6.07, 6.45) is -4.61. The molecule has 5 rings (SSSR count). The Morgan fingerprint density at radius 2 is 1.72 bits per heavy atom. The fraction of sp³-hybridized carbons (Fsp3) is 0.280. The molecule has 2 amide bonds. The summed E-state index contributed by atoms with van der Waals surface area (Å²) in [6.45, 7) is 3.03. The predicted molar refractivity (Wildman–Crippen MR) is 129 cm³/mol. The number of halogens is 3. The van der Waals surface area contributed by atoms with Gasteiger partial charge in [0, 0.05) is 33.2 Å². The molecule has 0 spiro atoms. The number of hydrogen-bond acceptors (Lipinski definition) is 6. The van der Waals surface area contributed by atoms with E-state index >= 15 is 0 Å². The average Bonchev–Trinajstić information content (AvgIpc) is 2.96. The number of nitrogens with one attached hydrogen (secondary N) is 1. The van der Waals surface area contributed by atoms with Gasteiger partial charge in [0.1, 0.15) is 0 Å². The van der Waals surface area contributed by atoms with Crippen LogP contribution in [0.4, 0.5) is 36.2 Å². The van der Waals surface area contributed by atoms with Gasteiger partial charge < -0.3 is 20.0 Å². The number of carbonyl (C=O) groups excluding carboxylic acids is 2. The maximum atomic E-state index is 13.4. The Labute approximate surface area is 205 Å². The summed E-state index contributed by atoms with van der Waals surface area (Å²) in [5.74, 6) is -0.0989. The summed E-state index contributed by atoms with van der Waals surface area (Å²) in [4.78, 5) is 30.9. The summed E-state index contributed by atoms with van der Waals surface area (Å²) < 4.78 is 40.1. The number of nitrogens with zero attached hydrogens (tertiary/aromatic N) is 5. The lowest BCUT2D eigenvalue weighted by Gasteiger charge is -2.35. The molecule has 0 aliphatic carbocycles. The molecule has 8 nitrogen and oxygen atoms in total. The van der Waals surface area contributed by atoms with Crippen LogP contribution < -0.4 is 15.1 Å². The highest BCUT2D eigenvalue weighted by molar-refractivity contribution is 6.12. The van der Waals surface area contributed by atoms with E-state index in [-0.39, 0.29) is 24.6 Å². The minimum Gasteiger partial charge on any atom is -0.352 e. The minimum atomic E-state index is -4.61. The normalized spacial score (nSPS) is 15.7. The molecule has 0 saturated carbocycles. The largest absolute Gasteiger partial charge is 0.417 e. The fourth-order valence-electron chi connectivity index (χ4n) is 4.52. The van der Waals surface area contributed by atoms with Gasteiger partial charge in [-0.3, -0.25) is 9.59 Å². The van der Waals surface area contributed by atoms with Gasteiger partial charge in [0.25, 0.3) is 11.8 Å². The van der Waals surface area contributed by atoms with E-state index in [2.05, 4.69) is 15.5 Å². The Hall–Kier alpha value is -4.15. The number of alkyl halides is 3. The van der Waals surface area contributed by atoms with Crippen LogP contribution >= 0.6 is 0 Å². The summed E-state index contributed by atoms with van der Waals surface area (Å²) >= 11 is 0. The first kappa shape index (κ1) is 23.6. The topological polar surface area (TPSA) is 81.7 Å². The summed E-state index contributed by atoms with van der Waals surface area (Å²) in [6, 6.07) is 12.2. The third-order valence-corrected chi connectivity index (χ3v) is 6.44. The molecular weight excluding hydrogens is 473 g/mol. The Morgan fingerprint density at radius 1 is 1.00 bits per heavy atom. The van der Waals surface area contributed by atoms with Crippen molar-refractivity contribution in [3.8, 4) is 0 Å². The highest BCUT2D eigenvalue weighted by Gasteiger charge is 2.36. The highest BCUT2D eigenvalue weighted by Crippen LogP contribution is 2.37. The predicted octanol–water partition coefficient (Wildman–Crippen LogP) is 4.10. The van der Waals surface area contributed by atoms with E-state index < -0.39 is 17.6 Å². The van der Waals surface area contributed by atoms with Crippen LogP contribution in [0.25, 0.3) is 0 Å². The number of rotatable bonds is 2. The molecule has 1 aromatic heterocycles. The number of anilines is 4. The second-order valence-corrected chi connectivity index (χ2v) is 8.80. The molecule has 0 unspecified atom stereocenters. The van der Waals surface area contributed by atoms with Crippen LogP contribution in [0.2, 0.25) is 0 Å². The van der Waals surface area contributed by atoms with Gasteiger partial charge in [0.2, 0.25) is 0 Å².